The molecule has 4 rings (SSSR count). The van der Waals surface area contributed by atoms with Crippen LogP contribution in [0.5, 0.6) is 34.5 Å². The summed E-state index contributed by atoms with van der Waals surface area (Å²) in [6.45, 7) is 0. The third kappa shape index (κ3) is 5.56. The van der Waals surface area contributed by atoms with Crippen molar-refractivity contribution < 1.29 is 18.8 Å². The Labute approximate surface area is 170 Å². The quantitative estimate of drug-likeness (QED) is 0.338. The van der Waals surface area contributed by atoms with Crippen LogP contribution in [0.1, 0.15) is 0 Å². The number of para-hydroxylation sites is 2. The van der Waals surface area contributed by atoms with Gasteiger partial charge in [0.15, 0.2) is 0 Å². The van der Waals surface area contributed by atoms with Crippen LogP contribution in [0.15, 0.2) is 109 Å². The lowest BCUT2D eigenvalue weighted by molar-refractivity contribution is 0.445. The van der Waals surface area contributed by atoms with Crippen molar-refractivity contribution in [2.24, 2.45) is 0 Å². The molecule has 1 radical (unpaired) electrons. The van der Waals surface area contributed by atoms with Gasteiger partial charge in [0.05, 0.1) is 0 Å². The first-order chi connectivity index (χ1) is 14.3. The van der Waals surface area contributed by atoms with Crippen LogP contribution in [-0.4, -0.2) is 7.69 Å². The summed E-state index contributed by atoms with van der Waals surface area (Å²) in [5.41, 5.74) is 0. The fourth-order valence-corrected chi connectivity index (χ4v) is 2.61. The minimum atomic E-state index is 0.607. The Morgan fingerprint density at radius 3 is 1.21 bits per heavy atom. The monoisotopic (exact) mass is 381 g/mol. The molecule has 4 nitrogen and oxygen atoms in total. The molecule has 0 unspecified atom stereocenters. The zero-order valence-electron chi connectivity index (χ0n) is 15.6. The smallest absolute Gasteiger partial charge is 0.526 e. The Morgan fingerprint density at radius 1 is 0.379 bits per heavy atom. The Balaban J connectivity index is 1.32. The standard InChI is InChI=1S/C24H18BO4/c1-3-9-19(10-4-1)26-21-13-7-15-23(17-21)28-25-29-24-16-8-14-22(18-24)27-20-11-5-2-6-12-20/h1-18H. The van der Waals surface area contributed by atoms with E-state index in [0.29, 0.717) is 23.0 Å². The Kier molecular flexibility index (Phi) is 5.98. The van der Waals surface area contributed by atoms with E-state index in [1.807, 2.05) is 97.1 Å². The van der Waals surface area contributed by atoms with Gasteiger partial charge in [0, 0.05) is 12.1 Å². The molecular formula is C24H18BO4. The molecule has 0 fully saturated rings. The molecule has 0 heterocycles. The lowest BCUT2D eigenvalue weighted by Gasteiger charge is -2.10. The second-order valence-electron chi connectivity index (χ2n) is 6.11. The molecule has 0 bridgehead atoms. The van der Waals surface area contributed by atoms with Gasteiger partial charge in [0.25, 0.3) is 0 Å². The number of hydrogen-bond donors (Lipinski definition) is 0. The average molecular weight is 381 g/mol. The largest absolute Gasteiger partial charge is 0.658 e. The molecule has 0 aliphatic heterocycles. The van der Waals surface area contributed by atoms with E-state index in [1.54, 1.807) is 12.1 Å². The predicted molar refractivity (Wildman–Crippen MR) is 113 cm³/mol. The van der Waals surface area contributed by atoms with Gasteiger partial charge in [0.1, 0.15) is 34.5 Å². The first-order valence-corrected chi connectivity index (χ1v) is 9.16. The first-order valence-electron chi connectivity index (χ1n) is 9.16. The summed E-state index contributed by atoms with van der Waals surface area (Å²) in [7, 11) is 1.28. The Bertz CT molecular complexity index is 954. The van der Waals surface area contributed by atoms with Crippen molar-refractivity contribution >= 4 is 7.69 Å². The molecule has 4 aromatic carbocycles. The third-order valence-electron chi connectivity index (χ3n) is 3.94. The summed E-state index contributed by atoms with van der Waals surface area (Å²) < 4.78 is 22.8. The zero-order chi connectivity index (χ0) is 19.7. The van der Waals surface area contributed by atoms with E-state index in [1.165, 1.54) is 7.69 Å². The van der Waals surface area contributed by atoms with Crippen LogP contribution in [0.2, 0.25) is 0 Å². The van der Waals surface area contributed by atoms with Crippen molar-refractivity contribution in [1.82, 2.24) is 0 Å². The summed E-state index contributed by atoms with van der Waals surface area (Å²) >= 11 is 0. The second-order valence-corrected chi connectivity index (χ2v) is 6.11. The third-order valence-corrected chi connectivity index (χ3v) is 3.94. The molecule has 0 amide bonds. The number of ether oxygens (including phenoxy) is 2. The maximum absolute atomic E-state index is 5.80. The van der Waals surface area contributed by atoms with Crippen molar-refractivity contribution in [2.45, 2.75) is 0 Å². The number of hydrogen-bond acceptors (Lipinski definition) is 4. The van der Waals surface area contributed by atoms with Gasteiger partial charge in [-0.05, 0) is 48.5 Å². The van der Waals surface area contributed by atoms with E-state index in [9.17, 15) is 0 Å². The molecule has 141 valence electrons. The summed E-state index contributed by atoms with van der Waals surface area (Å²) in [6.07, 6.45) is 0. The molecule has 29 heavy (non-hydrogen) atoms. The van der Waals surface area contributed by atoms with Gasteiger partial charge < -0.3 is 18.8 Å². The van der Waals surface area contributed by atoms with Gasteiger partial charge in [-0.15, -0.1) is 0 Å². The van der Waals surface area contributed by atoms with Crippen molar-refractivity contribution in [1.29, 1.82) is 0 Å². The van der Waals surface area contributed by atoms with Crippen molar-refractivity contribution in [2.75, 3.05) is 0 Å². The van der Waals surface area contributed by atoms with Crippen LogP contribution < -0.4 is 18.8 Å². The molecule has 0 atom stereocenters. The minimum absolute atomic E-state index is 0.607. The van der Waals surface area contributed by atoms with Gasteiger partial charge in [-0.3, -0.25) is 0 Å². The highest BCUT2D eigenvalue weighted by atomic mass is 16.6. The van der Waals surface area contributed by atoms with Crippen LogP contribution in [0.4, 0.5) is 0 Å². The van der Waals surface area contributed by atoms with Crippen LogP contribution in [0, 0.1) is 0 Å². The second kappa shape index (κ2) is 9.37. The van der Waals surface area contributed by atoms with Gasteiger partial charge >= 0.3 is 7.69 Å². The highest BCUT2D eigenvalue weighted by Crippen LogP contribution is 2.26. The maximum atomic E-state index is 5.80. The van der Waals surface area contributed by atoms with E-state index < -0.39 is 0 Å². The summed E-state index contributed by atoms with van der Waals surface area (Å²) in [6, 6.07) is 33.8. The fraction of sp³-hybridized carbons (Fsp3) is 0. The summed E-state index contributed by atoms with van der Waals surface area (Å²) in [4.78, 5) is 0. The molecule has 0 aliphatic rings. The van der Waals surface area contributed by atoms with E-state index in [0.717, 1.165) is 11.5 Å². The average Bonchev–Trinajstić information content (AvgIpc) is 2.76. The summed E-state index contributed by atoms with van der Waals surface area (Å²) in [5.74, 6) is 4.10. The molecular weight excluding hydrogens is 363 g/mol. The minimum Gasteiger partial charge on any atom is -0.526 e. The number of rotatable bonds is 8. The van der Waals surface area contributed by atoms with E-state index >= 15 is 0 Å². The topological polar surface area (TPSA) is 36.9 Å². The van der Waals surface area contributed by atoms with Gasteiger partial charge in [-0.1, -0.05) is 48.5 Å². The van der Waals surface area contributed by atoms with Crippen LogP contribution in [0.25, 0.3) is 0 Å². The molecule has 0 saturated heterocycles. The highest BCUT2D eigenvalue weighted by Gasteiger charge is 2.05. The normalized spacial score (nSPS) is 10.1. The Morgan fingerprint density at radius 2 is 0.759 bits per heavy atom. The molecule has 4 aromatic rings. The zero-order valence-corrected chi connectivity index (χ0v) is 15.6. The van der Waals surface area contributed by atoms with Crippen molar-refractivity contribution in [3.63, 3.8) is 0 Å². The Hall–Kier alpha value is -3.86. The molecule has 0 spiro atoms. The van der Waals surface area contributed by atoms with Gasteiger partial charge in [-0.25, -0.2) is 0 Å². The van der Waals surface area contributed by atoms with Crippen molar-refractivity contribution in [3.05, 3.63) is 109 Å². The summed E-state index contributed by atoms with van der Waals surface area (Å²) in [5, 5.41) is 0. The lowest BCUT2D eigenvalue weighted by atomic mass is 10.2. The van der Waals surface area contributed by atoms with Gasteiger partial charge in [0.2, 0.25) is 0 Å². The van der Waals surface area contributed by atoms with E-state index in [4.69, 9.17) is 18.8 Å². The van der Waals surface area contributed by atoms with Gasteiger partial charge in [-0.2, -0.15) is 0 Å². The SMILES string of the molecule is [B](Oc1cccc(Oc2ccccc2)c1)Oc1cccc(Oc2ccccc2)c1. The first kappa shape index (κ1) is 18.5. The lowest BCUT2D eigenvalue weighted by Crippen LogP contribution is -2.10. The fourth-order valence-electron chi connectivity index (χ4n) is 2.61. The van der Waals surface area contributed by atoms with Crippen LogP contribution in [-0.2, 0) is 0 Å². The molecule has 0 aliphatic carbocycles. The predicted octanol–water partition coefficient (Wildman–Crippen LogP) is 6.26. The van der Waals surface area contributed by atoms with Crippen molar-refractivity contribution in [3.8, 4) is 34.5 Å². The molecule has 0 N–H and O–H groups in total. The van der Waals surface area contributed by atoms with E-state index in [2.05, 4.69) is 0 Å². The molecule has 5 heteroatoms. The molecule has 0 aromatic heterocycles. The van der Waals surface area contributed by atoms with Crippen LogP contribution in [0.3, 0.4) is 0 Å². The van der Waals surface area contributed by atoms with E-state index in [-0.39, 0.29) is 0 Å². The molecule has 0 saturated carbocycles. The maximum Gasteiger partial charge on any atom is 0.658 e. The number of benzene rings is 4. The van der Waals surface area contributed by atoms with Crippen LogP contribution >= 0.6 is 0 Å². The highest BCUT2D eigenvalue weighted by molar-refractivity contribution is 6.20.